The van der Waals surface area contributed by atoms with Crippen LogP contribution in [0.4, 0.5) is 0 Å². The highest BCUT2D eigenvalue weighted by Gasteiger charge is 2.07. The number of guanidine groups is 1. The van der Waals surface area contributed by atoms with Crippen molar-refractivity contribution in [2.45, 2.75) is 33.2 Å². The number of nitrogens with zero attached hydrogens (tertiary/aromatic N) is 2. The van der Waals surface area contributed by atoms with Crippen LogP contribution in [0.25, 0.3) is 11.5 Å². The van der Waals surface area contributed by atoms with Crippen LogP contribution in [0.2, 0.25) is 0 Å². The molecule has 32 heavy (non-hydrogen) atoms. The van der Waals surface area contributed by atoms with Gasteiger partial charge in [0.15, 0.2) is 17.5 Å². The highest BCUT2D eigenvalue weighted by Crippen LogP contribution is 2.27. The average molecular weight is 437 g/mol. The van der Waals surface area contributed by atoms with Crippen molar-refractivity contribution in [3.63, 3.8) is 0 Å². The molecule has 170 valence electrons. The van der Waals surface area contributed by atoms with E-state index in [1.54, 1.807) is 20.5 Å². The minimum absolute atomic E-state index is 0.445. The number of ether oxygens (including phenoxy) is 2. The summed E-state index contributed by atoms with van der Waals surface area (Å²) in [4.78, 5) is 9.19. The number of methoxy groups -OCH3 is 2. The summed E-state index contributed by atoms with van der Waals surface area (Å²) in [5.74, 6) is 2.88. The molecule has 0 spiro atoms. The number of benzene rings is 2. The zero-order valence-electron chi connectivity index (χ0n) is 19.3. The third kappa shape index (κ3) is 6.51. The van der Waals surface area contributed by atoms with E-state index in [9.17, 15) is 0 Å². The number of aromatic nitrogens is 1. The summed E-state index contributed by atoms with van der Waals surface area (Å²) in [7, 11) is 3.30. The molecule has 7 heteroatoms. The maximum Gasteiger partial charge on any atom is 0.226 e. The van der Waals surface area contributed by atoms with E-state index < -0.39 is 0 Å². The number of rotatable bonds is 10. The molecule has 0 atom stereocenters. The average Bonchev–Trinajstić information content (AvgIpc) is 3.29. The molecule has 0 amide bonds. The Kier molecular flexibility index (Phi) is 8.54. The topological polar surface area (TPSA) is 80.9 Å². The Bertz CT molecular complexity index is 1010. The van der Waals surface area contributed by atoms with E-state index in [0.717, 1.165) is 54.6 Å². The molecule has 0 radical (unpaired) electrons. The number of hydrogen-bond acceptors (Lipinski definition) is 5. The Balaban J connectivity index is 1.51. The van der Waals surface area contributed by atoms with Crippen LogP contribution in [0.15, 0.2) is 58.1 Å². The van der Waals surface area contributed by atoms with E-state index in [0.29, 0.717) is 12.4 Å². The molecule has 3 rings (SSSR count). The Hall–Kier alpha value is -3.48. The number of aryl methyl sites for hydroxylation is 2. The smallest absolute Gasteiger partial charge is 0.226 e. The summed E-state index contributed by atoms with van der Waals surface area (Å²) in [5.41, 5.74) is 4.17. The van der Waals surface area contributed by atoms with Gasteiger partial charge in [0.05, 0.1) is 20.8 Å². The van der Waals surface area contributed by atoms with Crippen LogP contribution in [0, 0.1) is 6.92 Å². The monoisotopic (exact) mass is 436 g/mol. The number of nitrogens with one attached hydrogen (secondary N) is 2. The SMILES string of the molecule is CCNC(=NCc1coc(-c2ccc(C)cc2)n1)NCCCc1ccc(OC)c(OC)c1. The van der Waals surface area contributed by atoms with Crippen molar-refractivity contribution in [2.75, 3.05) is 27.3 Å². The lowest BCUT2D eigenvalue weighted by Gasteiger charge is -2.12. The first-order valence-corrected chi connectivity index (χ1v) is 10.9. The van der Waals surface area contributed by atoms with Gasteiger partial charge < -0.3 is 24.5 Å². The van der Waals surface area contributed by atoms with Gasteiger partial charge in [0.25, 0.3) is 0 Å². The minimum Gasteiger partial charge on any atom is -0.493 e. The van der Waals surface area contributed by atoms with Gasteiger partial charge in [0.1, 0.15) is 12.0 Å². The quantitative estimate of drug-likeness (QED) is 0.279. The molecule has 0 aliphatic carbocycles. The van der Waals surface area contributed by atoms with E-state index in [1.165, 1.54) is 11.1 Å². The molecule has 0 aliphatic rings. The standard InChI is InChI=1S/C25H32N4O3/c1-5-26-25(27-14-6-7-19-10-13-22(30-3)23(15-19)31-4)28-16-21-17-32-24(29-21)20-11-8-18(2)9-12-20/h8-13,15,17H,5-7,14,16H2,1-4H3,(H2,26,27,28). The van der Waals surface area contributed by atoms with E-state index in [-0.39, 0.29) is 0 Å². The Morgan fingerprint density at radius 1 is 1.03 bits per heavy atom. The Morgan fingerprint density at radius 3 is 2.53 bits per heavy atom. The molecule has 0 fully saturated rings. The molecule has 0 aliphatic heterocycles. The van der Waals surface area contributed by atoms with Crippen molar-refractivity contribution < 1.29 is 13.9 Å². The molecular formula is C25H32N4O3. The third-order valence-corrected chi connectivity index (χ3v) is 4.98. The highest BCUT2D eigenvalue weighted by molar-refractivity contribution is 5.79. The molecular weight excluding hydrogens is 404 g/mol. The predicted octanol–water partition coefficient (Wildman–Crippen LogP) is 4.36. The Morgan fingerprint density at radius 2 is 1.81 bits per heavy atom. The lowest BCUT2D eigenvalue weighted by atomic mass is 10.1. The van der Waals surface area contributed by atoms with E-state index >= 15 is 0 Å². The predicted molar refractivity (Wildman–Crippen MR) is 127 cm³/mol. The molecule has 3 aromatic rings. The van der Waals surface area contributed by atoms with Gasteiger partial charge in [0.2, 0.25) is 5.89 Å². The minimum atomic E-state index is 0.445. The molecule has 7 nitrogen and oxygen atoms in total. The van der Waals surface area contributed by atoms with Crippen LogP contribution in [0.5, 0.6) is 11.5 Å². The van der Waals surface area contributed by atoms with Crippen LogP contribution >= 0.6 is 0 Å². The van der Waals surface area contributed by atoms with Gasteiger partial charge in [0, 0.05) is 18.7 Å². The van der Waals surface area contributed by atoms with Gasteiger partial charge >= 0.3 is 0 Å². The highest BCUT2D eigenvalue weighted by atomic mass is 16.5. The van der Waals surface area contributed by atoms with E-state index in [2.05, 4.69) is 33.6 Å². The number of hydrogen-bond donors (Lipinski definition) is 2. The lowest BCUT2D eigenvalue weighted by Crippen LogP contribution is -2.37. The summed E-state index contributed by atoms with van der Waals surface area (Å²) in [6.07, 6.45) is 3.55. The largest absolute Gasteiger partial charge is 0.493 e. The molecule has 2 N–H and O–H groups in total. The molecule has 1 aromatic heterocycles. The summed E-state index contributed by atoms with van der Waals surface area (Å²) in [5, 5.41) is 6.66. The second-order valence-electron chi connectivity index (χ2n) is 7.42. The van der Waals surface area contributed by atoms with Crippen LogP contribution < -0.4 is 20.1 Å². The van der Waals surface area contributed by atoms with Gasteiger partial charge in [-0.3, -0.25) is 0 Å². The summed E-state index contributed by atoms with van der Waals surface area (Å²) >= 11 is 0. The van der Waals surface area contributed by atoms with Crippen LogP contribution in [-0.4, -0.2) is 38.3 Å². The third-order valence-electron chi connectivity index (χ3n) is 4.98. The number of aliphatic imine (C=N–C) groups is 1. The van der Waals surface area contributed by atoms with Gasteiger partial charge in [-0.1, -0.05) is 23.8 Å². The summed E-state index contributed by atoms with van der Waals surface area (Å²) < 4.78 is 16.3. The van der Waals surface area contributed by atoms with Gasteiger partial charge in [-0.15, -0.1) is 0 Å². The second kappa shape index (κ2) is 11.8. The zero-order valence-corrected chi connectivity index (χ0v) is 19.3. The number of oxazole rings is 1. The fraction of sp³-hybridized carbons (Fsp3) is 0.360. The van der Waals surface area contributed by atoms with Gasteiger partial charge in [-0.2, -0.15) is 0 Å². The molecule has 0 bridgehead atoms. The van der Waals surface area contributed by atoms with E-state index in [4.69, 9.17) is 13.9 Å². The van der Waals surface area contributed by atoms with Crippen molar-refractivity contribution in [2.24, 2.45) is 4.99 Å². The molecule has 1 heterocycles. The van der Waals surface area contributed by atoms with Crippen molar-refractivity contribution in [1.82, 2.24) is 15.6 Å². The fourth-order valence-corrected chi connectivity index (χ4v) is 3.25. The first-order valence-electron chi connectivity index (χ1n) is 10.9. The van der Waals surface area contributed by atoms with Gasteiger partial charge in [-0.25, -0.2) is 9.98 Å². The van der Waals surface area contributed by atoms with Crippen LogP contribution in [0.1, 0.15) is 30.2 Å². The van der Waals surface area contributed by atoms with E-state index in [1.807, 2.05) is 43.3 Å². The van der Waals surface area contributed by atoms with Gasteiger partial charge in [-0.05, 0) is 56.5 Å². The van der Waals surface area contributed by atoms with Crippen molar-refractivity contribution in [3.8, 4) is 23.0 Å². The summed E-state index contributed by atoms with van der Waals surface area (Å²) in [6, 6.07) is 14.1. The van der Waals surface area contributed by atoms with Crippen molar-refractivity contribution >= 4 is 5.96 Å². The van der Waals surface area contributed by atoms with Crippen molar-refractivity contribution in [1.29, 1.82) is 0 Å². The first-order chi connectivity index (χ1) is 15.6. The second-order valence-corrected chi connectivity index (χ2v) is 7.42. The zero-order chi connectivity index (χ0) is 22.8. The first kappa shape index (κ1) is 23.2. The summed E-state index contributed by atoms with van der Waals surface area (Å²) in [6.45, 7) is 6.14. The maximum absolute atomic E-state index is 5.63. The normalized spacial score (nSPS) is 11.3. The molecule has 0 saturated heterocycles. The van der Waals surface area contributed by atoms with Crippen LogP contribution in [-0.2, 0) is 13.0 Å². The molecule has 0 unspecified atom stereocenters. The van der Waals surface area contributed by atoms with Crippen LogP contribution in [0.3, 0.4) is 0 Å². The Labute approximate surface area is 189 Å². The molecule has 0 saturated carbocycles. The lowest BCUT2D eigenvalue weighted by molar-refractivity contribution is 0.354. The fourth-order valence-electron chi connectivity index (χ4n) is 3.25. The maximum atomic E-state index is 5.63. The molecule has 2 aromatic carbocycles. The van der Waals surface area contributed by atoms with Crippen molar-refractivity contribution in [3.05, 3.63) is 65.5 Å².